The van der Waals surface area contributed by atoms with Crippen molar-refractivity contribution in [2.45, 2.75) is 38.5 Å². The van der Waals surface area contributed by atoms with Gasteiger partial charge in [-0.1, -0.05) is 47.2 Å². The van der Waals surface area contributed by atoms with Crippen molar-refractivity contribution in [2.24, 2.45) is 0 Å². The summed E-state index contributed by atoms with van der Waals surface area (Å²) in [5.41, 5.74) is 14.4. The molecule has 0 bridgehead atoms. The summed E-state index contributed by atoms with van der Waals surface area (Å²) in [4.78, 5) is 53.7. The van der Waals surface area contributed by atoms with Crippen molar-refractivity contribution in [3.63, 3.8) is 0 Å². The molecule has 0 heterocycles. The van der Waals surface area contributed by atoms with Crippen LogP contribution in [0.25, 0.3) is 0 Å². The summed E-state index contributed by atoms with van der Waals surface area (Å²) in [5, 5.41) is 22.7. The number of nitrogens with one attached hydrogen (secondary N) is 8. The Kier molecular flexibility index (Phi) is 18.4. The lowest BCUT2D eigenvalue weighted by Gasteiger charge is -2.25. The minimum atomic E-state index is -0.256. The first-order valence-electron chi connectivity index (χ1n) is 18.6. The molecule has 0 radical (unpaired) electrons. The zero-order valence-corrected chi connectivity index (χ0v) is 30.8. The van der Waals surface area contributed by atoms with Crippen LogP contribution in [0.3, 0.4) is 0 Å². The van der Waals surface area contributed by atoms with E-state index in [1.165, 1.54) is 0 Å². The fraction of sp³-hybridized carbons (Fsp3) is 0.400. The smallest absolute Gasteiger partial charge is 0.319 e. The summed E-state index contributed by atoms with van der Waals surface area (Å²) < 4.78 is 0. The monoisotopic (exact) mass is 736 g/mol. The second-order valence-electron chi connectivity index (χ2n) is 12.7. The van der Waals surface area contributed by atoms with Crippen molar-refractivity contribution in [3.05, 3.63) is 119 Å². The van der Waals surface area contributed by atoms with Gasteiger partial charge in [-0.2, -0.15) is 0 Å². The van der Waals surface area contributed by atoms with Gasteiger partial charge in [0.15, 0.2) is 0 Å². The van der Waals surface area contributed by atoms with Gasteiger partial charge in [0.1, 0.15) is 0 Å². The first kappa shape index (κ1) is 40.8. The van der Waals surface area contributed by atoms with Gasteiger partial charge >= 0.3 is 24.1 Å². The lowest BCUT2D eigenvalue weighted by Crippen LogP contribution is -2.38. The Labute approximate surface area is 317 Å². The number of unbranched alkanes of at least 4 members (excludes halogenated alkanes) is 1. The highest BCUT2D eigenvalue weighted by atomic mass is 16.2. The van der Waals surface area contributed by atoms with Crippen LogP contribution in [0.15, 0.2) is 119 Å². The minimum absolute atomic E-state index is 0.256. The highest BCUT2D eigenvalue weighted by Crippen LogP contribution is 2.04. The fourth-order valence-electron chi connectivity index (χ4n) is 5.66. The molecule has 0 fully saturated rings. The van der Waals surface area contributed by atoms with Crippen LogP contribution in [-0.4, -0.2) is 99.4 Å². The molecular formula is C40H52N10O4. The predicted octanol–water partition coefficient (Wildman–Crippen LogP) is 3.56. The Morgan fingerprint density at radius 3 is 0.852 bits per heavy atom. The molecule has 4 rings (SSSR count). The summed E-state index contributed by atoms with van der Waals surface area (Å²) in [6.45, 7) is 7.06. The third-order valence-corrected chi connectivity index (χ3v) is 8.33. The van der Waals surface area contributed by atoms with E-state index in [1.807, 2.05) is 24.3 Å². The van der Waals surface area contributed by atoms with E-state index >= 15 is 0 Å². The van der Waals surface area contributed by atoms with Crippen LogP contribution in [0.1, 0.15) is 38.5 Å². The molecule has 0 atom stereocenters. The maximum absolute atomic E-state index is 12.2. The molecule has 14 nitrogen and oxygen atoms in total. The normalized spacial score (nSPS) is 14.0. The van der Waals surface area contributed by atoms with E-state index in [-0.39, 0.29) is 24.1 Å². The molecule has 0 aromatic carbocycles. The molecular weight excluding hydrogens is 685 g/mol. The molecule has 8 N–H and O–H groups in total. The Balaban J connectivity index is 1.19. The second kappa shape index (κ2) is 24.3. The lowest BCUT2D eigenvalue weighted by atomic mass is 10.2. The van der Waals surface area contributed by atoms with Crippen molar-refractivity contribution in [1.29, 1.82) is 0 Å². The van der Waals surface area contributed by atoms with Gasteiger partial charge in [0.2, 0.25) is 0 Å². The zero-order chi connectivity index (χ0) is 38.1. The molecule has 4 aliphatic rings. The minimum Gasteiger partial charge on any atom is -0.338 e. The van der Waals surface area contributed by atoms with Gasteiger partial charge < -0.3 is 52.3 Å². The number of rotatable bonds is 25. The predicted molar refractivity (Wildman–Crippen MR) is 210 cm³/mol. The van der Waals surface area contributed by atoms with Crippen LogP contribution in [0, 0.1) is 0 Å². The van der Waals surface area contributed by atoms with E-state index in [9.17, 15) is 19.2 Å². The lowest BCUT2D eigenvalue weighted by molar-refractivity contribution is 0.225. The summed E-state index contributed by atoms with van der Waals surface area (Å²) in [6.07, 6.45) is 26.5. The highest BCUT2D eigenvalue weighted by Gasteiger charge is 2.11. The fourth-order valence-corrected chi connectivity index (χ4v) is 5.66. The molecule has 0 aromatic heterocycles. The van der Waals surface area contributed by atoms with Gasteiger partial charge in [-0.15, -0.1) is 0 Å². The van der Waals surface area contributed by atoms with Crippen molar-refractivity contribution in [1.82, 2.24) is 52.3 Å². The Hall–Kier alpha value is -5.96. The number of urea groups is 4. The number of carbonyl (C=O) groups excluding carboxylic acids is 4. The van der Waals surface area contributed by atoms with Crippen molar-refractivity contribution < 1.29 is 19.2 Å². The second-order valence-corrected chi connectivity index (χ2v) is 12.7. The SMILES string of the molecule is O=C(NCCCN(CCCCN(CCCNC(=O)NC1=C=CC=C1)CCCNC(=O)NC1=C=CC=C1)CCCNC(=O)NC1=C=CC=C1)NC1=C=CC=C1. The molecule has 14 heteroatoms. The van der Waals surface area contributed by atoms with Crippen LogP contribution >= 0.6 is 0 Å². The number of nitrogens with zero attached hydrogens (tertiary/aromatic N) is 2. The maximum atomic E-state index is 12.2. The Morgan fingerprint density at radius 1 is 0.389 bits per heavy atom. The van der Waals surface area contributed by atoms with E-state index in [2.05, 4.69) is 75.3 Å². The van der Waals surface area contributed by atoms with Gasteiger partial charge in [-0.05, 0) is 126 Å². The number of carbonyl (C=O) groups is 4. The van der Waals surface area contributed by atoms with E-state index in [0.29, 0.717) is 49.0 Å². The Morgan fingerprint density at radius 2 is 0.630 bits per heavy atom. The topological polar surface area (TPSA) is 171 Å². The van der Waals surface area contributed by atoms with Crippen LogP contribution in [0.2, 0.25) is 0 Å². The first-order valence-corrected chi connectivity index (χ1v) is 18.6. The molecule has 54 heavy (non-hydrogen) atoms. The average molecular weight is 737 g/mol. The van der Waals surface area contributed by atoms with Crippen molar-refractivity contribution in [3.8, 4) is 0 Å². The maximum Gasteiger partial charge on any atom is 0.319 e. The highest BCUT2D eigenvalue weighted by molar-refractivity contribution is 5.78. The van der Waals surface area contributed by atoms with Crippen LogP contribution in [0.4, 0.5) is 19.2 Å². The van der Waals surface area contributed by atoms with E-state index in [4.69, 9.17) is 0 Å². The van der Waals surface area contributed by atoms with Crippen LogP contribution in [-0.2, 0) is 0 Å². The summed E-state index contributed by atoms with van der Waals surface area (Å²) in [5.74, 6) is 0. The third-order valence-electron chi connectivity index (χ3n) is 8.33. The summed E-state index contributed by atoms with van der Waals surface area (Å²) in [7, 11) is 0. The van der Waals surface area contributed by atoms with Gasteiger partial charge in [-0.25, -0.2) is 19.2 Å². The standard InChI is InChI=1S/C40H52N10O4/c51-37(45-33-15-1-2-16-33)41-23-11-29-49(30-12-24-42-38(52)46-34-17-3-4-18-34)27-9-10-28-50(31-13-25-43-39(53)47-35-19-5-6-20-35)32-14-26-44-40(54)48-36-21-7-8-22-36/h1-8,15,17,19,21H,9-14,23-32H2,(H2,41,45,51)(H2,42,46,52)(H2,43,47,53)(H2,44,48,54). The number of hydrogen-bond donors (Lipinski definition) is 8. The Bertz CT molecular complexity index is 1480. The van der Waals surface area contributed by atoms with Gasteiger partial charge in [0, 0.05) is 26.2 Å². The van der Waals surface area contributed by atoms with Crippen molar-refractivity contribution >= 4 is 24.1 Å². The molecule has 0 unspecified atom stereocenters. The van der Waals surface area contributed by atoms with E-state index < -0.39 is 0 Å². The molecule has 4 aliphatic carbocycles. The van der Waals surface area contributed by atoms with Gasteiger partial charge in [0.05, 0.1) is 22.8 Å². The number of amides is 8. The van der Waals surface area contributed by atoms with Gasteiger partial charge in [0.25, 0.3) is 0 Å². The molecule has 0 saturated carbocycles. The molecule has 0 spiro atoms. The third kappa shape index (κ3) is 17.5. The first-order chi connectivity index (χ1) is 26.4. The largest absolute Gasteiger partial charge is 0.338 e. The zero-order valence-electron chi connectivity index (χ0n) is 30.8. The average Bonchev–Trinajstić information content (AvgIpc) is 4.00. The molecule has 8 amide bonds. The van der Waals surface area contributed by atoms with Crippen LogP contribution < -0.4 is 42.5 Å². The van der Waals surface area contributed by atoms with Crippen LogP contribution in [0.5, 0.6) is 0 Å². The molecule has 0 saturated heterocycles. The number of hydrogen-bond acceptors (Lipinski definition) is 6. The van der Waals surface area contributed by atoms with E-state index in [0.717, 1.165) is 77.8 Å². The number of allylic oxidation sites excluding steroid dienone is 8. The quantitative estimate of drug-likeness (QED) is 0.0527. The summed E-state index contributed by atoms with van der Waals surface area (Å²) >= 11 is 0. The van der Waals surface area contributed by atoms with E-state index in [1.54, 1.807) is 48.6 Å². The molecule has 0 aromatic rings. The van der Waals surface area contributed by atoms with Crippen molar-refractivity contribution in [2.75, 3.05) is 65.4 Å². The summed E-state index contributed by atoms with van der Waals surface area (Å²) in [6, 6.07) is -1.02. The molecule has 286 valence electrons. The molecule has 0 aliphatic heterocycles. The van der Waals surface area contributed by atoms with Gasteiger partial charge in [-0.3, -0.25) is 0 Å².